The van der Waals surface area contributed by atoms with Gasteiger partial charge in [0.2, 0.25) is 0 Å². The van der Waals surface area contributed by atoms with E-state index in [2.05, 4.69) is 5.32 Å². The first-order chi connectivity index (χ1) is 12.8. The fourth-order valence-electron chi connectivity index (χ4n) is 3.93. The third kappa shape index (κ3) is 2.31. The van der Waals surface area contributed by atoms with Crippen LogP contribution in [0, 0.1) is 5.92 Å². The number of fused-ring (bicyclic) bond motifs is 2. The Kier molecular flexibility index (Phi) is 3.67. The largest absolute Gasteiger partial charge is 0.497 e. The number of carbonyl (C=O) groups is 1. The van der Waals surface area contributed by atoms with Gasteiger partial charge in [-0.1, -0.05) is 12.1 Å². The van der Waals surface area contributed by atoms with Crippen LogP contribution in [0.25, 0.3) is 0 Å². The van der Waals surface area contributed by atoms with Crippen LogP contribution in [0.3, 0.4) is 0 Å². The van der Waals surface area contributed by atoms with E-state index in [1.165, 1.54) is 25.8 Å². The molecule has 9 nitrogen and oxygen atoms in total. The van der Waals surface area contributed by atoms with Crippen LogP contribution in [-0.2, 0) is 23.6 Å². The molecule has 0 aliphatic carbocycles. The molecule has 1 aromatic heterocycles. The predicted molar refractivity (Wildman–Crippen MR) is 94.8 cm³/mol. The van der Waals surface area contributed by atoms with Gasteiger partial charge in [-0.2, -0.15) is 0 Å². The number of rotatable bonds is 2. The summed E-state index contributed by atoms with van der Waals surface area (Å²) in [6, 6.07) is 6.88. The number of nitrogens with zero attached hydrogens (tertiary/aromatic N) is 2. The second-order valence-electron chi connectivity index (χ2n) is 6.85. The van der Waals surface area contributed by atoms with Gasteiger partial charge in [0.05, 0.1) is 12.7 Å². The van der Waals surface area contributed by atoms with E-state index in [0.29, 0.717) is 11.3 Å². The van der Waals surface area contributed by atoms with Crippen LogP contribution in [0.15, 0.2) is 33.9 Å². The fourth-order valence-corrected chi connectivity index (χ4v) is 3.93. The number of aromatic nitrogens is 2. The lowest BCUT2D eigenvalue weighted by Gasteiger charge is -2.39. The summed E-state index contributed by atoms with van der Waals surface area (Å²) < 4.78 is 12.5. The standard InChI is InChI=1S/C18H19N3O6/c1-20-14-12(15(22)21(2)17(20)24)11(9-4-6-10(26-3)7-5-9)13-16(23)27-8-18(13,25)19-14/h4-7,11,13,19,25H,8H2,1-3H3. The number of anilines is 1. The molecule has 2 aliphatic rings. The van der Waals surface area contributed by atoms with E-state index in [4.69, 9.17) is 9.47 Å². The van der Waals surface area contributed by atoms with E-state index in [-0.39, 0.29) is 18.0 Å². The van der Waals surface area contributed by atoms with E-state index in [0.717, 1.165) is 4.57 Å². The van der Waals surface area contributed by atoms with Gasteiger partial charge in [0, 0.05) is 20.0 Å². The lowest BCUT2D eigenvalue weighted by atomic mass is 9.74. The van der Waals surface area contributed by atoms with Gasteiger partial charge in [-0.15, -0.1) is 0 Å². The van der Waals surface area contributed by atoms with Crippen LogP contribution in [0.1, 0.15) is 17.0 Å². The maximum absolute atomic E-state index is 12.9. The van der Waals surface area contributed by atoms with Crippen molar-refractivity contribution in [3.8, 4) is 5.75 Å². The first-order valence-corrected chi connectivity index (χ1v) is 8.39. The van der Waals surface area contributed by atoms with E-state index >= 15 is 0 Å². The summed E-state index contributed by atoms with van der Waals surface area (Å²) >= 11 is 0. The summed E-state index contributed by atoms with van der Waals surface area (Å²) in [5, 5.41) is 13.8. The second kappa shape index (κ2) is 5.71. The monoisotopic (exact) mass is 373 g/mol. The summed E-state index contributed by atoms with van der Waals surface area (Å²) in [5.74, 6) is -1.61. The number of esters is 1. The highest BCUT2D eigenvalue weighted by molar-refractivity contribution is 5.81. The minimum absolute atomic E-state index is 0.181. The Morgan fingerprint density at radius 2 is 1.85 bits per heavy atom. The molecule has 9 heteroatoms. The topological polar surface area (TPSA) is 112 Å². The minimum atomic E-state index is -1.72. The highest BCUT2D eigenvalue weighted by Gasteiger charge is 2.58. The number of benzene rings is 1. The first-order valence-electron chi connectivity index (χ1n) is 8.39. The zero-order chi connectivity index (χ0) is 19.5. The number of nitrogens with one attached hydrogen (secondary N) is 1. The average molecular weight is 373 g/mol. The number of methoxy groups -OCH3 is 1. The summed E-state index contributed by atoms with van der Waals surface area (Å²) in [6.45, 7) is -0.272. The molecule has 3 heterocycles. The smallest absolute Gasteiger partial charge is 0.332 e. The molecule has 0 spiro atoms. The Balaban J connectivity index is 2.04. The molecule has 2 N–H and O–H groups in total. The molecule has 3 unspecified atom stereocenters. The number of cyclic esters (lactones) is 1. The first kappa shape index (κ1) is 17.3. The van der Waals surface area contributed by atoms with Crippen molar-refractivity contribution in [2.45, 2.75) is 11.6 Å². The molecule has 142 valence electrons. The van der Waals surface area contributed by atoms with Gasteiger partial charge in [-0.05, 0) is 17.7 Å². The molecule has 3 atom stereocenters. The molecular formula is C18H19N3O6. The van der Waals surface area contributed by atoms with Crippen molar-refractivity contribution < 1.29 is 19.4 Å². The Morgan fingerprint density at radius 1 is 1.19 bits per heavy atom. The van der Waals surface area contributed by atoms with Gasteiger partial charge in [-0.25, -0.2) is 4.79 Å². The van der Waals surface area contributed by atoms with Crippen molar-refractivity contribution in [3.63, 3.8) is 0 Å². The van der Waals surface area contributed by atoms with Crippen LogP contribution in [0.4, 0.5) is 5.82 Å². The van der Waals surface area contributed by atoms with Crippen molar-refractivity contribution in [3.05, 3.63) is 56.2 Å². The second-order valence-corrected chi connectivity index (χ2v) is 6.85. The van der Waals surface area contributed by atoms with Crippen molar-refractivity contribution in [1.29, 1.82) is 0 Å². The third-order valence-corrected chi connectivity index (χ3v) is 5.36. The Morgan fingerprint density at radius 3 is 2.48 bits per heavy atom. The molecule has 27 heavy (non-hydrogen) atoms. The van der Waals surface area contributed by atoms with Gasteiger partial charge in [-0.3, -0.25) is 18.7 Å². The van der Waals surface area contributed by atoms with E-state index in [9.17, 15) is 19.5 Å². The summed E-state index contributed by atoms with van der Waals surface area (Å²) in [6.07, 6.45) is 0. The molecule has 1 fully saturated rings. The number of carbonyl (C=O) groups excluding carboxylic acids is 1. The maximum atomic E-state index is 12.9. The zero-order valence-electron chi connectivity index (χ0n) is 15.1. The lowest BCUT2D eigenvalue weighted by Crippen LogP contribution is -2.56. The maximum Gasteiger partial charge on any atom is 0.332 e. The van der Waals surface area contributed by atoms with Gasteiger partial charge in [0.25, 0.3) is 5.56 Å². The molecule has 0 bridgehead atoms. The molecule has 4 rings (SSSR count). The number of ether oxygens (including phenoxy) is 2. The summed E-state index contributed by atoms with van der Waals surface area (Å²) in [7, 11) is 4.41. The zero-order valence-corrected chi connectivity index (χ0v) is 15.1. The molecule has 0 radical (unpaired) electrons. The quantitative estimate of drug-likeness (QED) is 0.684. The highest BCUT2D eigenvalue weighted by Crippen LogP contribution is 2.47. The normalized spacial score (nSPS) is 26.0. The summed E-state index contributed by atoms with van der Waals surface area (Å²) in [5.41, 5.74) is -1.91. The van der Waals surface area contributed by atoms with E-state index in [1.807, 2.05) is 0 Å². The summed E-state index contributed by atoms with van der Waals surface area (Å²) in [4.78, 5) is 37.7. The van der Waals surface area contributed by atoms with E-state index < -0.39 is 34.8 Å². The van der Waals surface area contributed by atoms with Crippen LogP contribution >= 0.6 is 0 Å². The molecule has 0 amide bonds. The molecular weight excluding hydrogens is 354 g/mol. The Bertz CT molecular complexity index is 1050. The Labute approximate surface area is 153 Å². The van der Waals surface area contributed by atoms with Gasteiger partial charge < -0.3 is 19.9 Å². The molecule has 1 aromatic carbocycles. The SMILES string of the molecule is COc1ccc(C2c3c(n(C)c(=O)n(C)c3=O)NC3(O)COC(=O)C23)cc1. The van der Waals surface area contributed by atoms with Crippen LogP contribution in [0.5, 0.6) is 5.75 Å². The minimum Gasteiger partial charge on any atom is -0.497 e. The third-order valence-electron chi connectivity index (χ3n) is 5.36. The van der Waals surface area contributed by atoms with Crippen molar-refractivity contribution in [2.75, 3.05) is 19.0 Å². The van der Waals surface area contributed by atoms with Crippen LogP contribution in [0.2, 0.25) is 0 Å². The number of aliphatic hydroxyl groups is 1. The fraction of sp³-hybridized carbons (Fsp3) is 0.389. The average Bonchev–Trinajstić information content (AvgIpc) is 2.98. The van der Waals surface area contributed by atoms with Crippen molar-refractivity contribution in [1.82, 2.24) is 9.13 Å². The van der Waals surface area contributed by atoms with Crippen LogP contribution < -0.4 is 21.3 Å². The molecule has 0 saturated carbocycles. The number of hydrogen-bond donors (Lipinski definition) is 2. The Hall–Kier alpha value is -3.07. The lowest BCUT2D eigenvalue weighted by molar-refractivity contribution is -0.141. The predicted octanol–water partition coefficient (Wildman–Crippen LogP) is -0.488. The van der Waals surface area contributed by atoms with E-state index in [1.54, 1.807) is 24.3 Å². The molecule has 2 aromatic rings. The molecule has 1 saturated heterocycles. The van der Waals surface area contributed by atoms with Gasteiger partial charge in [0.1, 0.15) is 24.1 Å². The highest BCUT2D eigenvalue weighted by atomic mass is 16.6. The van der Waals surface area contributed by atoms with Gasteiger partial charge in [0.15, 0.2) is 5.72 Å². The van der Waals surface area contributed by atoms with Crippen molar-refractivity contribution in [2.24, 2.45) is 20.0 Å². The molecule has 2 aliphatic heterocycles. The number of hydrogen-bond acceptors (Lipinski definition) is 7. The van der Waals surface area contributed by atoms with Crippen molar-refractivity contribution >= 4 is 11.8 Å². The van der Waals surface area contributed by atoms with Gasteiger partial charge >= 0.3 is 11.7 Å². The van der Waals surface area contributed by atoms with Crippen LogP contribution in [-0.4, -0.2) is 39.7 Å².